The Morgan fingerprint density at radius 3 is 2.02 bits per heavy atom. The number of alkyl halides is 6. The van der Waals surface area contributed by atoms with Gasteiger partial charge < -0.3 is 25.4 Å². The number of hydrogen-bond donors (Lipinski definition) is 2. The number of rotatable bonds is 7. The van der Waals surface area contributed by atoms with E-state index < -0.39 is 59.7 Å². The van der Waals surface area contributed by atoms with Gasteiger partial charge in [-0.15, -0.1) is 0 Å². The lowest BCUT2D eigenvalue weighted by molar-refractivity contribution is -0.143. The van der Waals surface area contributed by atoms with Crippen molar-refractivity contribution < 1.29 is 35.9 Å². The Labute approximate surface area is 313 Å². The van der Waals surface area contributed by atoms with Crippen molar-refractivity contribution in [3.63, 3.8) is 0 Å². The maximum absolute atomic E-state index is 14.2. The summed E-state index contributed by atoms with van der Waals surface area (Å²) < 4.78 is 85.3. The fraction of sp³-hybridized carbons (Fsp3) is 0.538. The number of likely N-dealkylation sites (tertiary alicyclic amines) is 3. The van der Waals surface area contributed by atoms with Crippen LogP contribution in [0.15, 0.2) is 47.4 Å². The van der Waals surface area contributed by atoms with Gasteiger partial charge in [-0.25, -0.2) is 4.79 Å². The average Bonchev–Trinajstić information content (AvgIpc) is 3.50. The van der Waals surface area contributed by atoms with Gasteiger partial charge in [-0.2, -0.15) is 26.3 Å². The quantitative estimate of drug-likeness (QED) is 0.164. The number of anilines is 1. The van der Waals surface area contributed by atoms with Gasteiger partial charge in [-0.3, -0.25) is 19.1 Å². The van der Waals surface area contributed by atoms with Gasteiger partial charge in [0, 0.05) is 44.0 Å². The number of nitrogens with two attached hydrogens (primary N) is 1. The number of carbonyl (C=O) groups excluding carboxylic acids is 2. The highest BCUT2D eigenvalue weighted by atomic mass is 19.4. The molecule has 0 unspecified atom stereocenters. The summed E-state index contributed by atoms with van der Waals surface area (Å²) in [5.74, 6) is -1.15. The van der Waals surface area contributed by atoms with E-state index in [2.05, 4.69) is 21.9 Å². The van der Waals surface area contributed by atoms with Gasteiger partial charge in [0.1, 0.15) is 0 Å². The number of carbonyl (C=O) groups is 2. The highest BCUT2D eigenvalue weighted by Crippen LogP contribution is 2.43. The molecule has 0 aliphatic carbocycles. The largest absolute Gasteiger partial charge is 0.418 e. The minimum absolute atomic E-state index is 0.241. The third-order valence-corrected chi connectivity index (χ3v) is 12.0. The van der Waals surface area contributed by atoms with E-state index in [0.29, 0.717) is 60.9 Å². The highest BCUT2D eigenvalue weighted by Gasteiger charge is 2.42. The summed E-state index contributed by atoms with van der Waals surface area (Å²) in [6, 6.07) is 8.30. The van der Waals surface area contributed by atoms with Crippen LogP contribution in [-0.2, 0) is 28.4 Å². The first-order chi connectivity index (χ1) is 26.1. The second kappa shape index (κ2) is 15.1. The Bertz CT molecular complexity index is 2070. The van der Waals surface area contributed by atoms with Crippen LogP contribution in [0.1, 0.15) is 67.7 Å². The fourth-order valence-corrected chi connectivity index (χ4v) is 8.98. The number of halogens is 6. The molecule has 2 amide bonds. The van der Waals surface area contributed by atoms with E-state index in [1.165, 1.54) is 0 Å². The van der Waals surface area contributed by atoms with Crippen LogP contribution >= 0.6 is 0 Å². The molecule has 0 bridgehead atoms. The smallest absolute Gasteiger partial charge is 0.398 e. The van der Waals surface area contributed by atoms with E-state index in [4.69, 9.17) is 5.73 Å². The zero-order chi connectivity index (χ0) is 39.2. The molecular weight excluding hydrogens is 728 g/mol. The minimum Gasteiger partial charge on any atom is -0.398 e. The van der Waals surface area contributed by atoms with E-state index in [1.54, 1.807) is 20.6 Å². The second-order valence-electron chi connectivity index (χ2n) is 15.5. The number of nitrogens with zero attached hydrogens (tertiary/aromatic N) is 5. The molecule has 3 aliphatic rings. The fourth-order valence-electron chi connectivity index (χ4n) is 8.98. The highest BCUT2D eigenvalue weighted by molar-refractivity contribution is 6.01. The van der Waals surface area contributed by atoms with Crippen LogP contribution in [0, 0.1) is 17.8 Å². The van der Waals surface area contributed by atoms with Crippen LogP contribution < -0.4 is 11.4 Å². The van der Waals surface area contributed by atoms with Gasteiger partial charge in [0.2, 0.25) is 11.8 Å². The predicted octanol–water partition coefficient (Wildman–Crippen LogP) is 6.49. The van der Waals surface area contributed by atoms with Gasteiger partial charge >= 0.3 is 18.0 Å². The average molecular weight is 774 g/mol. The normalized spacial score (nSPS) is 19.4. The summed E-state index contributed by atoms with van der Waals surface area (Å²) in [5.41, 5.74) is 2.06. The van der Waals surface area contributed by atoms with Crippen LogP contribution in [-0.4, -0.2) is 87.4 Å². The number of fused-ring (bicyclic) bond motifs is 3. The summed E-state index contributed by atoms with van der Waals surface area (Å²) in [5, 5.41) is 0.802. The summed E-state index contributed by atoms with van der Waals surface area (Å²) in [4.78, 5) is 54.1. The molecule has 1 atom stereocenters. The van der Waals surface area contributed by atoms with E-state index in [1.807, 2.05) is 24.3 Å². The van der Waals surface area contributed by atoms with Crippen molar-refractivity contribution in [3.05, 3.63) is 69.8 Å². The van der Waals surface area contributed by atoms with Gasteiger partial charge in [0.15, 0.2) is 0 Å². The van der Waals surface area contributed by atoms with E-state index in [0.717, 1.165) is 49.7 Å². The molecule has 2 aromatic carbocycles. The topological polar surface area (TPSA) is 121 Å². The molecule has 296 valence electrons. The number of benzene rings is 2. The maximum Gasteiger partial charge on any atom is 0.418 e. The van der Waals surface area contributed by atoms with Crippen molar-refractivity contribution in [3.8, 4) is 0 Å². The first-order valence-electron chi connectivity index (χ1n) is 18.9. The van der Waals surface area contributed by atoms with E-state index in [9.17, 15) is 40.7 Å². The zero-order valence-corrected chi connectivity index (χ0v) is 30.6. The minimum atomic E-state index is -5.18. The number of H-pyrrole nitrogens is 1. The molecule has 0 spiro atoms. The summed E-state index contributed by atoms with van der Waals surface area (Å²) >= 11 is 0. The van der Waals surface area contributed by atoms with Crippen molar-refractivity contribution in [2.45, 2.75) is 69.8 Å². The summed E-state index contributed by atoms with van der Waals surface area (Å²) in [7, 11) is 2.09. The number of aromatic amines is 1. The lowest BCUT2D eigenvalue weighted by atomic mass is 9.78. The molecule has 10 nitrogen and oxygen atoms in total. The molecule has 16 heteroatoms. The number of para-hydroxylation sites is 1. The number of amides is 2. The van der Waals surface area contributed by atoms with Crippen LogP contribution in [0.25, 0.3) is 21.9 Å². The van der Waals surface area contributed by atoms with Gasteiger partial charge in [0.05, 0.1) is 45.5 Å². The van der Waals surface area contributed by atoms with Gasteiger partial charge in [-0.05, 0) is 101 Å². The molecule has 3 saturated heterocycles. The zero-order valence-electron chi connectivity index (χ0n) is 30.6. The predicted molar refractivity (Wildman–Crippen MR) is 195 cm³/mol. The Kier molecular flexibility index (Phi) is 10.7. The van der Waals surface area contributed by atoms with Crippen molar-refractivity contribution in [2.75, 3.05) is 52.0 Å². The Balaban J connectivity index is 1.09. The first-order valence-corrected chi connectivity index (χ1v) is 18.9. The molecule has 55 heavy (non-hydrogen) atoms. The Hall–Kier alpha value is -4.60. The van der Waals surface area contributed by atoms with Gasteiger partial charge in [-0.1, -0.05) is 18.2 Å². The standard InChI is InChI=1S/C39H45F6N7O3/c1-49-12-6-24(7-13-49)25-8-14-51(15-9-25)36(54)26(18-23-19-29(38(40,41)42)34(46)30(20-23)39(43,44)45)21-33(53)50-16-10-27(11-17-50)52-32-22-47-31-5-3-2-4-28(31)35(32)48-37(52)55/h2-5,19-20,22,24-27H,6-18,21,46H2,1H3,(H,48,55)/t26-/m0/s1. The van der Waals surface area contributed by atoms with Crippen LogP contribution in [0.3, 0.4) is 0 Å². The third kappa shape index (κ3) is 8.05. The number of nitrogen functional groups attached to an aromatic ring is 1. The summed E-state index contributed by atoms with van der Waals surface area (Å²) in [6.07, 6.45) is -5.17. The van der Waals surface area contributed by atoms with E-state index >= 15 is 0 Å². The molecule has 2 aromatic heterocycles. The van der Waals surface area contributed by atoms with E-state index in [-0.39, 0.29) is 30.4 Å². The second-order valence-corrected chi connectivity index (χ2v) is 15.5. The Morgan fingerprint density at radius 2 is 1.42 bits per heavy atom. The number of imidazole rings is 1. The molecule has 0 saturated carbocycles. The monoisotopic (exact) mass is 773 g/mol. The number of aromatic nitrogens is 3. The molecular formula is C39H45F6N7O3. The summed E-state index contributed by atoms with van der Waals surface area (Å²) in [6.45, 7) is 3.28. The molecule has 3 aliphatic heterocycles. The Morgan fingerprint density at radius 1 is 0.855 bits per heavy atom. The first kappa shape index (κ1) is 38.7. The van der Waals surface area contributed by atoms with Crippen molar-refractivity contribution in [1.29, 1.82) is 0 Å². The molecule has 3 fully saturated rings. The van der Waals surface area contributed by atoms with Crippen molar-refractivity contribution >= 4 is 39.4 Å². The van der Waals surface area contributed by atoms with Crippen LogP contribution in [0.4, 0.5) is 32.0 Å². The van der Waals surface area contributed by atoms with Crippen molar-refractivity contribution in [2.24, 2.45) is 17.8 Å². The van der Waals surface area contributed by atoms with Crippen molar-refractivity contribution in [1.82, 2.24) is 29.2 Å². The number of nitrogens with one attached hydrogen (secondary N) is 1. The third-order valence-electron chi connectivity index (χ3n) is 12.0. The lowest BCUT2D eigenvalue weighted by Gasteiger charge is -2.40. The molecule has 3 N–H and O–H groups in total. The number of piperidine rings is 3. The maximum atomic E-state index is 14.2. The lowest BCUT2D eigenvalue weighted by Crippen LogP contribution is -2.46. The molecule has 0 radical (unpaired) electrons. The van der Waals surface area contributed by atoms with Crippen LogP contribution in [0.5, 0.6) is 0 Å². The number of hydrogen-bond acceptors (Lipinski definition) is 6. The SMILES string of the molecule is CN1CCC(C2CCN(C(=O)[C@H](CC(=O)N3CCC(n4c(=O)[nH]c5c6ccccc6ncc54)CC3)Cc3cc(C(F)(F)F)c(N)c(C(F)(F)F)c3)CC2)CC1. The van der Waals surface area contributed by atoms with Gasteiger partial charge in [0.25, 0.3) is 0 Å². The molecule has 5 heterocycles. The molecule has 7 rings (SSSR count). The number of pyridine rings is 1. The molecule has 4 aromatic rings. The van der Waals surface area contributed by atoms with Crippen LogP contribution in [0.2, 0.25) is 0 Å².